The summed E-state index contributed by atoms with van der Waals surface area (Å²) in [6.07, 6.45) is 5.81. The van der Waals surface area contributed by atoms with Gasteiger partial charge in [0.05, 0.1) is 24.3 Å². The molecule has 0 spiro atoms. The number of aromatic hydroxyl groups is 1. The number of nitrogens with zero attached hydrogens (tertiary/aromatic N) is 2. The first-order chi connectivity index (χ1) is 18.5. The highest BCUT2D eigenvalue weighted by atomic mass is 16.5. The number of hydrogen-bond donors (Lipinski definition) is 1. The lowest BCUT2D eigenvalue weighted by atomic mass is 9.72. The number of unbranched alkanes of at least 4 members (excludes halogenated alkanes) is 2. The van der Waals surface area contributed by atoms with Crippen molar-refractivity contribution in [1.82, 2.24) is 0 Å². The van der Waals surface area contributed by atoms with Crippen LogP contribution in [0.3, 0.4) is 0 Å². The molecule has 6 heteroatoms. The monoisotopic (exact) mass is 506 g/mol. The molecule has 1 N–H and O–H groups in total. The van der Waals surface area contributed by atoms with Gasteiger partial charge in [-0.05, 0) is 121 Å². The molecule has 2 aliphatic rings. The number of phenolic OH excluding ortho intramolecular Hbond substituents is 1. The molecule has 3 aromatic carbocycles. The smallest absolute Gasteiger partial charge is 0.305 e. The molecule has 0 heterocycles. The van der Waals surface area contributed by atoms with Gasteiger partial charge in [0, 0.05) is 6.42 Å². The maximum Gasteiger partial charge on any atom is 0.305 e. The fourth-order valence-corrected chi connectivity index (χ4v) is 5.83. The standard InChI is InChI=1S/C32H30N2O4/c1-2-37-30(36)6-4-3-5-15-38-23-10-14-25-21(17-23)8-12-27-29(19-34)28(18-33)26-11-7-20-16-22(35)9-13-24(20)31(26)32(25)27/h9-10,13-14,16-17,35H,2-8,11-12,15H2,1H3. The molecule has 0 saturated heterocycles. The Balaban J connectivity index is 1.45. The lowest BCUT2D eigenvalue weighted by Crippen LogP contribution is -2.15. The number of esters is 1. The Morgan fingerprint density at radius 2 is 1.50 bits per heavy atom. The van der Waals surface area contributed by atoms with Crippen LogP contribution in [0.25, 0.3) is 22.3 Å². The van der Waals surface area contributed by atoms with Crippen LogP contribution in [0.4, 0.5) is 0 Å². The van der Waals surface area contributed by atoms with Gasteiger partial charge in [-0.25, -0.2) is 0 Å². The van der Waals surface area contributed by atoms with Gasteiger partial charge in [-0.15, -0.1) is 0 Å². The van der Waals surface area contributed by atoms with E-state index in [-0.39, 0.29) is 11.7 Å². The molecule has 0 fully saturated rings. The molecule has 0 aromatic heterocycles. The first kappa shape index (κ1) is 25.4. The summed E-state index contributed by atoms with van der Waals surface area (Å²) in [5.74, 6) is 0.899. The van der Waals surface area contributed by atoms with Crippen molar-refractivity contribution in [3.05, 3.63) is 69.8 Å². The summed E-state index contributed by atoms with van der Waals surface area (Å²) in [7, 11) is 0. The summed E-state index contributed by atoms with van der Waals surface area (Å²) in [6.45, 7) is 2.81. The van der Waals surface area contributed by atoms with Crippen molar-refractivity contribution < 1.29 is 19.4 Å². The van der Waals surface area contributed by atoms with Gasteiger partial charge in [-0.2, -0.15) is 10.5 Å². The number of ether oxygens (including phenoxy) is 2. The highest BCUT2D eigenvalue weighted by Crippen LogP contribution is 2.49. The molecule has 5 rings (SSSR count). The molecule has 0 unspecified atom stereocenters. The predicted molar refractivity (Wildman–Crippen MR) is 144 cm³/mol. The largest absolute Gasteiger partial charge is 0.508 e. The number of benzene rings is 3. The van der Waals surface area contributed by atoms with Gasteiger partial charge in [0.15, 0.2) is 0 Å². The molecule has 0 amide bonds. The molecule has 3 aromatic rings. The summed E-state index contributed by atoms with van der Waals surface area (Å²) >= 11 is 0. The van der Waals surface area contributed by atoms with Crippen LogP contribution in [0.15, 0.2) is 36.4 Å². The third kappa shape index (κ3) is 4.71. The van der Waals surface area contributed by atoms with E-state index in [4.69, 9.17) is 9.47 Å². The molecule has 2 aliphatic carbocycles. The van der Waals surface area contributed by atoms with Crippen LogP contribution >= 0.6 is 0 Å². The summed E-state index contributed by atoms with van der Waals surface area (Å²) < 4.78 is 11.0. The Kier molecular flexibility index (Phi) is 7.33. The van der Waals surface area contributed by atoms with Gasteiger partial charge in [0.25, 0.3) is 0 Å². The number of hydrogen-bond acceptors (Lipinski definition) is 6. The van der Waals surface area contributed by atoms with Gasteiger partial charge < -0.3 is 14.6 Å². The first-order valence-electron chi connectivity index (χ1n) is 13.3. The Labute approximate surface area is 223 Å². The number of carbonyl (C=O) groups is 1. The van der Waals surface area contributed by atoms with Crippen LogP contribution < -0.4 is 4.74 Å². The zero-order valence-corrected chi connectivity index (χ0v) is 21.6. The zero-order valence-electron chi connectivity index (χ0n) is 21.6. The van der Waals surface area contributed by atoms with Gasteiger partial charge in [-0.3, -0.25) is 4.79 Å². The number of aryl methyl sites for hydroxylation is 2. The molecule has 0 aliphatic heterocycles. The van der Waals surface area contributed by atoms with Crippen molar-refractivity contribution in [2.24, 2.45) is 0 Å². The van der Waals surface area contributed by atoms with Gasteiger partial charge in [-0.1, -0.05) is 12.1 Å². The Morgan fingerprint density at radius 1 is 0.868 bits per heavy atom. The Morgan fingerprint density at radius 3 is 2.13 bits per heavy atom. The average molecular weight is 507 g/mol. The average Bonchev–Trinajstić information content (AvgIpc) is 2.93. The van der Waals surface area contributed by atoms with E-state index < -0.39 is 0 Å². The lowest BCUT2D eigenvalue weighted by Gasteiger charge is -2.31. The maximum atomic E-state index is 11.5. The van der Waals surface area contributed by atoms with Crippen LogP contribution in [0.2, 0.25) is 0 Å². The van der Waals surface area contributed by atoms with E-state index >= 15 is 0 Å². The Hall–Kier alpha value is -4.29. The van der Waals surface area contributed by atoms with E-state index in [0.717, 1.165) is 70.4 Å². The summed E-state index contributed by atoms with van der Waals surface area (Å²) in [5, 5.41) is 30.2. The molecule has 0 saturated carbocycles. The maximum absolute atomic E-state index is 11.5. The van der Waals surface area contributed by atoms with E-state index in [1.54, 1.807) is 6.07 Å². The molecule has 38 heavy (non-hydrogen) atoms. The van der Waals surface area contributed by atoms with Crippen LogP contribution in [0.5, 0.6) is 11.5 Å². The molecule has 0 bridgehead atoms. The summed E-state index contributed by atoms with van der Waals surface area (Å²) in [4.78, 5) is 11.5. The number of rotatable bonds is 8. The van der Waals surface area contributed by atoms with Gasteiger partial charge in [0.1, 0.15) is 23.6 Å². The van der Waals surface area contributed by atoms with Crippen LogP contribution in [-0.4, -0.2) is 24.3 Å². The minimum atomic E-state index is -0.147. The normalized spacial score (nSPS) is 12.7. The van der Waals surface area contributed by atoms with Crippen LogP contribution in [0, 0.1) is 22.7 Å². The number of fused-ring (bicyclic) bond motifs is 7. The van der Waals surface area contributed by atoms with Gasteiger partial charge in [0.2, 0.25) is 0 Å². The van der Waals surface area contributed by atoms with Gasteiger partial charge >= 0.3 is 5.97 Å². The van der Waals surface area contributed by atoms with Crippen molar-refractivity contribution in [2.75, 3.05) is 13.2 Å². The topological polar surface area (TPSA) is 103 Å². The predicted octanol–water partition coefficient (Wildman–Crippen LogP) is 6.17. The fourth-order valence-electron chi connectivity index (χ4n) is 5.83. The van der Waals surface area contributed by atoms with Crippen LogP contribution in [0.1, 0.15) is 66.0 Å². The van der Waals surface area contributed by atoms with Crippen molar-refractivity contribution in [3.63, 3.8) is 0 Å². The minimum Gasteiger partial charge on any atom is -0.508 e. The molecule has 192 valence electrons. The third-order valence-corrected chi connectivity index (χ3v) is 7.52. The Bertz CT molecular complexity index is 1490. The molecular weight excluding hydrogens is 476 g/mol. The molecular formula is C32H30N2O4. The van der Waals surface area contributed by atoms with Crippen molar-refractivity contribution in [3.8, 4) is 45.9 Å². The SMILES string of the molecule is CCOC(=O)CCCCCOc1ccc2c(c1)CCc1c(C#N)c(C#N)c3c(c1-2)-c1ccc(O)cc1CC3. The van der Waals surface area contributed by atoms with Crippen molar-refractivity contribution in [1.29, 1.82) is 10.5 Å². The minimum absolute atomic E-state index is 0.147. The quantitative estimate of drug-likeness (QED) is 0.289. The van der Waals surface area contributed by atoms with Crippen LogP contribution in [-0.2, 0) is 35.2 Å². The van der Waals surface area contributed by atoms with E-state index in [1.807, 2.05) is 25.1 Å². The molecule has 0 atom stereocenters. The lowest BCUT2D eigenvalue weighted by molar-refractivity contribution is -0.143. The second kappa shape index (κ2) is 11.0. The fraction of sp³-hybridized carbons (Fsp3) is 0.344. The number of phenols is 1. The van der Waals surface area contributed by atoms with E-state index in [0.29, 0.717) is 50.0 Å². The molecule has 6 nitrogen and oxygen atoms in total. The third-order valence-electron chi connectivity index (χ3n) is 7.52. The first-order valence-corrected chi connectivity index (χ1v) is 13.3. The van der Waals surface area contributed by atoms with E-state index in [1.165, 1.54) is 5.56 Å². The zero-order chi connectivity index (χ0) is 26.6. The summed E-state index contributed by atoms with van der Waals surface area (Å²) in [5.41, 5.74) is 9.24. The van der Waals surface area contributed by atoms with Crippen molar-refractivity contribution in [2.45, 2.75) is 58.3 Å². The second-order valence-corrected chi connectivity index (χ2v) is 9.81. The van der Waals surface area contributed by atoms with E-state index in [2.05, 4.69) is 24.3 Å². The number of nitriles is 2. The number of carbonyl (C=O) groups excluding carboxylic acids is 1. The molecule has 0 radical (unpaired) electrons. The summed E-state index contributed by atoms with van der Waals surface area (Å²) in [6, 6.07) is 16.3. The highest BCUT2D eigenvalue weighted by molar-refractivity contribution is 5.95. The second-order valence-electron chi connectivity index (χ2n) is 9.81. The van der Waals surface area contributed by atoms with Crippen molar-refractivity contribution >= 4 is 5.97 Å². The highest BCUT2D eigenvalue weighted by Gasteiger charge is 2.31. The van der Waals surface area contributed by atoms with E-state index in [9.17, 15) is 20.4 Å².